The van der Waals surface area contributed by atoms with Crippen LogP contribution in [0.25, 0.3) is 100 Å². The molecule has 0 saturated heterocycles. The average molecular weight is 989 g/mol. The van der Waals surface area contributed by atoms with E-state index < -0.39 is 47.0 Å². The summed E-state index contributed by atoms with van der Waals surface area (Å²) in [7, 11) is 0. The van der Waals surface area contributed by atoms with Crippen LogP contribution in [0, 0.1) is 0 Å². The lowest BCUT2D eigenvalue weighted by atomic mass is 10.0. The summed E-state index contributed by atoms with van der Waals surface area (Å²) < 4.78 is 173. The third-order valence-electron chi connectivity index (χ3n) is 12.3. The number of pyridine rings is 1. The van der Waals surface area contributed by atoms with Crippen molar-refractivity contribution in [1.82, 2.24) is 29.1 Å². The molecule has 0 radical (unpaired) electrons. The monoisotopic (exact) mass is 988 g/mol. The van der Waals surface area contributed by atoms with E-state index in [-0.39, 0.29) is 72.1 Å². The Morgan fingerprint density at radius 3 is 1.10 bits per heavy atom. The second-order valence-electron chi connectivity index (χ2n) is 16.8. The number of benzene rings is 7. The molecule has 7 aromatic carbocycles. The first-order valence-corrected chi connectivity index (χ1v) is 21.6. The van der Waals surface area contributed by atoms with Crippen LogP contribution in [-0.4, -0.2) is 29.1 Å². The van der Waals surface area contributed by atoms with Gasteiger partial charge in [0, 0.05) is 55.7 Å². The molecule has 0 fully saturated rings. The van der Waals surface area contributed by atoms with Crippen molar-refractivity contribution in [2.75, 3.05) is 0 Å². The molecular formula is C54H28F12N6. The number of halogens is 12. The Balaban J connectivity index is 1.20. The van der Waals surface area contributed by atoms with Crippen molar-refractivity contribution in [3.05, 3.63) is 192 Å². The Morgan fingerprint density at radius 2 is 0.708 bits per heavy atom. The second-order valence-corrected chi connectivity index (χ2v) is 16.8. The number of fused-ring (bicyclic) bond motifs is 6. The molecule has 0 N–H and O–H groups in total. The quantitative estimate of drug-likeness (QED) is 0.156. The fourth-order valence-corrected chi connectivity index (χ4v) is 9.01. The van der Waals surface area contributed by atoms with Gasteiger partial charge in [0.2, 0.25) is 0 Å². The molecule has 0 unspecified atom stereocenters. The molecule has 11 aromatic rings. The van der Waals surface area contributed by atoms with E-state index in [9.17, 15) is 52.7 Å². The Hall–Kier alpha value is -8.54. The second kappa shape index (κ2) is 16.5. The maximum absolute atomic E-state index is 14.3. The van der Waals surface area contributed by atoms with Gasteiger partial charge in [0.05, 0.1) is 55.7 Å². The zero-order chi connectivity index (χ0) is 50.5. The molecule has 0 spiro atoms. The number of nitrogens with zero attached hydrogens (tertiary/aromatic N) is 6. The number of rotatable bonds is 6. The number of hydrogen-bond donors (Lipinski definition) is 0. The van der Waals surface area contributed by atoms with Crippen LogP contribution in [-0.2, 0) is 24.7 Å². The van der Waals surface area contributed by atoms with Crippen LogP contribution in [0.15, 0.2) is 170 Å². The van der Waals surface area contributed by atoms with Crippen molar-refractivity contribution in [2.45, 2.75) is 24.7 Å². The van der Waals surface area contributed by atoms with Crippen LogP contribution >= 0.6 is 0 Å². The highest BCUT2D eigenvalue weighted by Gasteiger charge is 2.35. The number of alkyl halides is 12. The Kier molecular flexibility index (Phi) is 10.5. The molecule has 18 heteroatoms. The number of aromatic nitrogens is 6. The highest BCUT2D eigenvalue weighted by atomic mass is 19.4. The normalized spacial score (nSPS) is 12.7. The Labute approximate surface area is 398 Å². The van der Waals surface area contributed by atoms with Crippen LogP contribution in [0.3, 0.4) is 0 Å². The molecule has 0 aliphatic rings. The van der Waals surface area contributed by atoms with Crippen molar-refractivity contribution >= 4 is 43.6 Å². The van der Waals surface area contributed by atoms with E-state index >= 15 is 0 Å². The number of hydrogen-bond acceptors (Lipinski definition) is 4. The van der Waals surface area contributed by atoms with Gasteiger partial charge in [-0.15, -0.1) is 0 Å². The summed E-state index contributed by atoms with van der Waals surface area (Å²) in [4.78, 5) is 19.1. The van der Waals surface area contributed by atoms with E-state index in [0.29, 0.717) is 28.3 Å². The van der Waals surface area contributed by atoms with Gasteiger partial charge in [-0.05, 0) is 103 Å². The molecule has 0 aliphatic heterocycles. The first kappa shape index (κ1) is 45.9. The van der Waals surface area contributed by atoms with Gasteiger partial charge in [-0.3, -0.25) is 4.98 Å². The zero-order valence-electron chi connectivity index (χ0n) is 36.4. The maximum Gasteiger partial charge on any atom is 0.416 e. The fourth-order valence-electron chi connectivity index (χ4n) is 9.01. The molecule has 4 heterocycles. The van der Waals surface area contributed by atoms with E-state index in [4.69, 9.17) is 15.0 Å². The van der Waals surface area contributed by atoms with Gasteiger partial charge < -0.3 is 9.13 Å². The maximum atomic E-state index is 14.3. The highest BCUT2D eigenvalue weighted by molar-refractivity contribution is 6.11. The van der Waals surface area contributed by atoms with Gasteiger partial charge in [0.25, 0.3) is 0 Å². The summed E-state index contributed by atoms with van der Waals surface area (Å²) in [6, 6.07) is 36.8. The van der Waals surface area contributed by atoms with E-state index in [1.54, 1.807) is 66.7 Å². The van der Waals surface area contributed by atoms with Gasteiger partial charge in [0.15, 0.2) is 17.5 Å². The summed E-state index contributed by atoms with van der Waals surface area (Å²) in [5, 5.41) is -0.567. The first-order chi connectivity index (χ1) is 34.2. The fraction of sp³-hybridized carbons (Fsp3) is 0.0741. The van der Waals surface area contributed by atoms with Gasteiger partial charge in [-0.1, -0.05) is 60.7 Å². The zero-order valence-corrected chi connectivity index (χ0v) is 36.4. The predicted octanol–water partition coefficient (Wildman–Crippen LogP) is 16.2. The Bertz CT molecular complexity index is 3730. The standard InChI is InChI=1S/C54H28F12N6/c55-51(56,57)32-12-17-43-37(24-32)38-25-33(52(58,59)60)13-18-44(38)71(43)36-21-22-67-42(28-36)41-23-31(50-69-48(29-7-3-1-4-8-29)68-49(70-50)30-9-5-2-6-10-30)11-16-47(41)72-45-19-14-34(53(61,62)63)26-39(45)40-27-35(54(64,65)66)15-20-46(40)72/h1-28H. The van der Waals surface area contributed by atoms with Crippen LogP contribution in [0.1, 0.15) is 22.3 Å². The van der Waals surface area contributed by atoms with Gasteiger partial charge in [0.1, 0.15) is 0 Å². The van der Waals surface area contributed by atoms with E-state index in [1.807, 2.05) is 12.1 Å². The predicted molar refractivity (Wildman–Crippen MR) is 248 cm³/mol. The lowest BCUT2D eigenvalue weighted by Crippen LogP contribution is -2.05. The molecule has 72 heavy (non-hydrogen) atoms. The molecule has 11 rings (SSSR count). The lowest BCUT2D eigenvalue weighted by Gasteiger charge is -2.17. The smallest absolute Gasteiger partial charge is 0.309 e. The van der Waals surface area contributed by atoms with Crippen molar-refractivity contribution in [3.63, 3.8) is 0 Å². The molecule has 4 aromatic heterocycles. The third-order valence-corrected chi connectivity index (χ3v) is 12.3. The van der Waals surface area contributed by atoms with Crippen molar-refractivity contribution in [3.8, 4) is 56.8 Å². The minimum atomic E-state index is -4.86. The molecule has 0 bridgehead atoms. The summed E-state index contributed by atoms with van der Waals surface area (Å²) in [6.45, 7) is 0. The first-order valence-electron chi connectivity index (χ1n) is 21.6. The van der Waals surface area contributed by atoms with Crippen LogP contribution in [0.2, 0.25) is 0 Å². The van der Waals surface area contributed by atoms with E-state index in [0.717, 1.165) is 72.8 Å². The van der Waals surface area contributed by atoms with Crippen molar-refractivity contribution < 1.29 is 52.7 Å². The molecule has 0 saturated carbocycles. The topological polar surface area (TPSA) is 61.4 Å². The molecule has 0 amide bonds. The molecular weight excluding hydrogens is 961 g/mol. The van der Waals surface area contributed by atoms with Crippen molar-refractivity contribution in [2.24, 2.45) is 0 Å². The van der Waals surface area contributed by atoms with Gasteiger partial charge in [-0.2, -0.15) is 52.7 Å². The Morgan fingerprint density at radius 1 is 0.333 bits per heavy atom. The van der Waals surface area contributed by atoms with Gasteiger partial charge >= 0.3 is 24.7 Å². The van der Waals surface area contributed by atoms with E-state index in [1.165, 1.54) is 27.5 Å². The summed E-state index contributed by atoms with van der Waals surface area (Å²) >= 11 is 0. The molecule has 0 aliphatic carbocycles. The minimum absolute atomic E-state index is 0.0868. The van der Waals surface area contributed by atoms with Crippen LogP contribution in [0.4, 0.5) is 52.7 Å². The summed E-state index contributed by atoms with van der Waals surface area (Å²) in [6.07, 6.45) is -18.1. The largest absolute Gasteiger partial charge is 0.416 e. The molecule has 6 nitrogen and oxygen atoms in total. The lowest BCUT2D eigenvalue weighted by molar-refractivity contribution is -0.138. The third kappa shape index (κ3) is 8.11. The van der Waals surface area contributed by atoms with E-state index in [2.05, 4.69) is 4.98 Å². The molecule has 358 valence electrons. The average Bonchev–Trinajstić information content (AvgIpc) is 3.87. The van der Waals surface area contributed by atoms with Crippen molar-refractivity contribution in [1.29, 1.82) is 0 Å². The highest BCUT2D eigenvalue weighted by Crippen LogP contribution is 2.44. The van der Waals surface area contributed by atoms with Gasteiger partial charge in [-0.25, -0.2) is 15.0 Å². The minimum Gasteiger partial charge on any atom is -0.309 e. The molecule has 0 atom stereocenters. The van der Waals surface area contributed by atoms with Crippen LogP contribution < -0.4 is 0 Å². The summed E-state index contributed by atoms with van der Waals surface area (Å²) in [5.41, 5.74) is -1.61. The van der Waals surface area contributed by atoms with Crippen LogP contribution in [0.5, 0.6) is 0 Å². The summed E-state index contributed by atoms with van der Waals surface area (Å²) in [5.74, 6) is 0.742. The SMILES string of the molecule is FC(F)(F)c1ccc2c(c1)c1cc(C(F)(F)F)ccc1n2-c1ccnc(-c2cc(-c3nc(-c4ccccc4)nc(-c4ccccc4)n3)ccc2-n2c3ccc(C(F)(F)F)cc3c3cc(C(F)(F)F)ccc32)c1.